The third-order valence-corrected chi connectivity index (χ3v) is 3.48. The van der Waals surface area contributed by atoms with Crippen LogP contribution in [0.5, 0.6) is 0 Å². The van der Waals surface area contributed by atoms with E-state index in [2.05, 4.69) is 28.0 Å². The van der Waals surface area contributed by atoms with Crippen LogP contribution in [0.4, 0.5) is 5.82 Å². The zero-order valence-corrected chi connectivity index (χ0v) is 11.0. The molecule has 0 saturated carbocycles. The SMILES string of the molecule is Cc1cc(N2CCOC(CCl)C2)n2ncnc2c1. The number of hydrogen-bond acceptors (Lipinski definition) is 4. The summed E-state index contributed by atoms with van der Waals surface area (Å²) in [5, 5.41) is 4.28. The van der Waals surface area contributed by atoms with Crippen LogP contribution in [-0.4, -0.2) is 46.3 Å². The number of rotatable bonds is 2. The van der Waals surface area contributed by atoms with Crippen molar-refractivity contribution in [2.45, 2.75) is 13.0 Å². The summed E-state index contributed by atoms with van der Waals surface area (Å²) in [5.74, 6) is 1.57. The first kappa shape index (κ1) is 11.7. The van der Waals surface area contributed by atoms with Crippen LogP contribution in [0.3, 0.4) is 0 Å². The van der Waals surface area contributed by atoms with Crippen molar-refractivity contribution in [3.63, 3.8) is 0 Å². The Morgan fingerprint density at radius 3 is 3.22 bits per heavy atom. The summed E-state index contributed by atoms with van der Waals surface area (Å²) >= 11 is 5.88. The van der Waals surface area contributed by atoms with E-state index in [1.54, 1.807) is 6.33 Å². The normalized spacial score (nSPS) is 20.6. The summed E-state index contributed by atoms with van der Waals surface area (Å²) in [4.78, 5) is 6.50. The van der Waals surface area contributed by atoms with E-state index in [9.17, 15) is 0 Å². The van der Waals surface area contributed by atoms with E-state index >= 15 is 0 Å². The highest BCUT2D eigenvalue weighted by molar-refractivity contribution is 6.18. The molecule has 0 spiro atoms. The van der Waals surface area contributed by atoms with Crippen molar-refractivity contribution in [1.29, 1.82) is 0 Å². The molecule has 1 fully saturated rings. The Hall–Kier alpha value is -1.33. The fraction of sp³-hybridized carbons (Fsp3) is 0.500. The highest BCUT2D eigenvalue weighted by Gasteiger charge is 2.22. The van der Waals surface area contributed by atoms with E-state index in [0.29, 0.717) is 12.5 Å². The largest absolute Gasteiger partial charge is 0.373 e. The Morgan fingerprint density at radius 1 is 1.50 bits per heavy atom. The highest BCUT2D eigenvalue weighted by Crippen LogP contribution is 2.20. The van der Waals surface area contributed by atoms with E-state index in [1.165, 1.54) is 5.56 Å². The Balaban J connectivity index is 2.00. The molecule has 1 unspecified atom stereocenters. The molecule has 1 aliphatic heterocycles. The van der Waals surface area contributed by atoms with Crippen molar-refractivity contribution < 1.29 is 4.74 Å². The Kier molecular flexibility index (Phi) is 3.09. The van der Waals surface area contributed by atoms with Crippen LogP contribution in [0.2, 0.25) is 0 Å². The van der Waals surface area contributed by atoms with E-state index in [0.717, 1.165) is 24.6 Å². The molecule has 2 aromatic heterocycles. The molecule has 0 radical (unpaired) electrons. The van der Waals surface area contributed by atoms with Gasteiger partial charge in [0, 0.05) is 13.1 Å². The molecule has 1 saturated heterocycles. The number of anilines is 1. The summed E-state index contributed by atoms with van der Waals surface area (Å²) < 4.78 is 7.45. The standard InChI is InChI=1S/C12H15ClN4O/c1-9-4-11-14-8-15-17(11)12(5-9)16-2-3-18-10(6-13)7-16/h4-5,8,10H,2-3,6-7H2,1H3. The molecule has 0 bridgehead atoms. The van der Waals surface area contributed by atoms with Gasteiger partial charge in [-0.25, -0.2) is 4.98 Å². The van der Waals surface area contributed by atoms with E-state index in [-0.39, 0.29) is 6.10 Å². The maximum Gasteiger partial charge on any atom is 0.157 e. The molecule has 5 nitrogen and oxygen atoms in total. The number of alkyl halides is 1. The minimum Gasteiger partial charge on any atom is -0.373 e. The van der Waals surface area contributed by atoms with Crippen molar-refractivity contribution in [2.75, 3.05) is 30.5 Å². The van der Waals surface area contributed by atoms with Gasteiger partial charge in [0.25, 0.3) is 0 Å². The zero-order chi connectivity index (χ0) is 12.5. The lowest BCUT2D eigenvalue weighted by Gasteiger charge is -2.33. The fourth-order valence-corrected chi connectivity index (χ4v) is 2.47. The number of pyridine rings is 1. The number of nitrogens with zero attached hydrogens (tertiary/aromatic N) is 4. The molecular formula is C12H15ClN4O. The zero-order valence-electron chi connectivity index (χ0n) is 10.2. The molecule has 6 heteroatoms. The van der Waals surface area contributed by atoms with Gasteiger partial charge >= 0.3 is 0 Å². The van der Waals surface area contributed by atoms with E-state index < -0.39 is 0 Å². The average Bonchev–Trinajstić information content (AvgIpc) is 2.85. The lowest BCUT2D eigenvalue weighted by molar-refractivity contribution is 0.0550. The van der Waals surface area contributed by atoms with Gasteiger partial charge in [-0.15, -0.1) is 11.6 Å². The number of fused-ring (bicyclic) bond motifs is 1. The summed E-state index contributed by atoms with van der Waals surface area (Å²) in [6.07, 6.45) is 1.66. The lowest BCUT2D eigenvalue weighted by Crippen LogP contribution is -2.44. The molecule has 0 N–H and O–H groups in total. The quantitative estimate of drug-likeness (QED) is 0.773. The number of halogens is 1. The van der Waals surface area contributed by atoms with Crippen LogP contribution in [0.1, 0.15) is 5.56 Å². The summed E-state index contributed by atoms with van der Waals surface area (Å²) in [5.41, 5.74) is 2.05. The first-order valence-electron chi connectivity index (χ1n) is 6.01. The third kappa shape index (κ3) is 2.04. The Labute approximate surface area is 110 Å². The van der Waals surface area contributed by atoms with Crippen molar-refractivity contribution in [3.05, 3.63) is 24.0 Å². The van der Waals surface area contributed by atoms with Crippen LogP contribution < -0.4 is 4.90 Å². The van der Waals surface area contributed by atoms with Crippen LogP contribution in [0, 0.1) is 6.92 Å². The molecule has 1 aliphatic rings. The number of hydrogen-bond donors (Lipinski definition) is 0. The van der Waals surface area contributed by atoms with Gasteiger partial charge < -0.3 is 9.64 Å². The fourth-order valence-electron chi connectivity index (χ4n) is 2.28. The topological polar surface area (TPSA) is 42.7 Å². The van der Waals surface area contributed by atoms with Crippen LogP contribution in [0.25, 0.3) is 5.65 Å². The van der Waals surface area contributed by atoms with Crippen LogP contribution in [-0.2, 0) is 4.74 Å². The monoisotopic (exact) mass is 266 g/mol. The molecule has 2 aromatic rings. The van der Waals surface area contributed by atoms with Crippen LogP contribution in [0.15, 0.2) is 18.5 Å². The maximum atomic E-state index is 5.88. The molecule has 0 amide bonds. The van der Waals surface area contributed by atoms with Gasteiger partial charge in [0.15, 0.2) is 5.65 Å². The summed E-state index contributed by atoms with van der Waals surface area (Å²) in [7, 11) is 0. The minimum absolute atomic E-state index is 0.0829. The first-order valence-corrected chi connectivity index (χ1v) is 6.54. The number of aryl methyl sites for hydroxylation is 1. The van der Waals surface area contributed by atoms with Gasteiger partial charge in [-0.1, -0.05) is 0 Å². The highest BCUT2D eigenvalue weighted by atomic mass is 35.5. The summed E-state index contributed by atoms with van der Waals surface area (Å²) in [6, 6.07) is 4.15. The van der Waals surface area contributed by atoms with Crippen LogP contribution >= 0.6 is 11.6 Å². The summed E-state index contributed by atoms with van der Waals surface area (Å²) in [6.45, 7) is 4.41. The smallest absolute Gasteiger partial charge is 0.157 e. The molecule has 0 aliphatic carbocycles. The molecule has 3 heterocycles. The second kappa shape index (κ2) is 4.74. The van der Waals surface area contributed by atoms with Gasteiger partial charge in [0.1, 0.15) is 12.1 Å². The van der Waals surface area contributed by atoms with E-state index in [1.807, 2.05) is 10.6 Å². The van der Waals surface area contributed by atoms with Crippen molar-refractivity contribution in [1.82, 2.24) is 14.6 Å². The Morgan fingerprint density at radius 2 is 2.39 bits per heavy atom. The number of aromatic nitrogens is 3. The average molecular weight is 267 g/mol. The van der Waals surface area contributed by atoms with Crippen molar-refractivity contribution >= 4 is 23.1 Å². The van der Waals surface area contributed by atoms with Crippen molar-refractivity contribution in [2.24, 2.45) is 0 Å². The molecule has 18 heavy (non-hydrogen) atoms. The Bertz CT molecular complexity index is 556. The van der Waals surface area contributed by atoms with Crippen molar-refractivity contribution in [3.8, 4) is 0 Å². The number of morpholine rings is 1. The molecule has 96 valence electrons. The molecule has 3 rings (SSSR count). The maximum absolute atomic E-state index is 5.88. The van der Waals surface area contributed by atoms with Gasteiger partial charge in [0.05, 0.1) is 18.6 Å². The first-order chi connectivity index (χ1) is 8.78. The second-order valence-corrected chi connectivity index (χ2v) is 4.82. The van der Waals surface area contributed by atoms with E-state index in [4.69, 9.17) is 16.3 Å². The van der Waals surface area contributed by atoms with Gasteiger partial charge in [-0.2, -0.15) is 9.61 Å². The van der Waals surface area contributed by atoms with Gasteiger partial charge in [0.2, 0.25) is 0 Å². The molecule has 1 atom stereocenters. The molecule has 0 aromatic carbocycles. The second-order valence-electron chi connectivity index (χ2n) is 4.51. The predicted molar refractivity (Wildman–Crippen MR) is 70.4 cm³/mol. The van der Waals surface area contributed by atoms with Gasteiger partial charge in [-0.3, -0.25) is 0 Å². The predicted octanol–water partition coefficient (Wildman–Crippen LogP) is 1.48. The third-order valence-electron chi connectivity index (χ3n) is 3.14. The molecular weight excluding hydrogens is 252 g/mol. The van der Waals surface area contributed by atoms with Gasteiger partial charge in [-0.05, 0) is 24.6 Å². The number of ether oxygens (including phenoxy) is 1. The lowest BCUT2D eigenvalue weighted by atomic mass is 10.2. The minimum atomic E-state index is 0.0829.